The van der Waals surface area contributed by atoms with Crippen LogP contribution in [0.5, 0.6) is 0 Å². The molecule has 1 unspecified atom stereocenters. The number of nitrogens with one attached hydrogen (secondary N) is 1. The molecule has 2 atom stereocenters. The Bertz CT molecular complexity index is 1250. The van der Waals surface area contributed by atoms with Crippen molar-refractivity contribution < 1.29 is 27.7 Å². The number of amides is 1. The second-order valence-corrected chi connectivity index (χ2v) is 9.20. The van der Waals surface area contributed by atoms with Crippen LogP contribution in [0.15, 0.2) is 25.8 Å². The monoisotopic (exact) mass is 447 g/mol. The Kier molecular flexibility index (Phi) is 6.64. The van der Waals surface area contributed by atoms with Gasteiger partial charge >= 0.3 is 11.6 Å². The first-order chi connectivity index (χ1) is 14.6. The smallest absolute Gasteiger partial charge is 0.339 e. The van der Waals surface area contributed by atoms with Crippen molar-refractivity contribution in [2.45, 2.75) is 46.1 Å². The Labute approximate surface area is 181 Å². The second kappa shape index (κ2) is 9.05. The van der Waals surface area contributed by atoms with Gasteiger partial charge in [-0.05, 0) is 50.8 Å². The first-order valence-corrected chi connectivity index (χ1v) is 11.6. The van der Waals surface area contributed by atoms with Crippen LogP contribution in [0.25, 0.3) is 21.9 Å². The third-order valence-corrected chi connectivity index (χ3v) is 6.32. The average molecular weight is 448 g/mol. The highest BCUT2D eigenvalue weighted by atomic mass is 32.2. The number of furan rings is 1. The maximum atomic E-state index is 12.5. The van der Waals surface area contributed by atoms with Crippen LogP contribution in [0.3, 0.4) is 0 Å². The quantitative estimate of drug-likeness (QED) is 0.508. The van der Waals surface area contributed by atoms with E-state index in [0.29, 0.717) is 16.7 Å². The number of aryl methyl sites for hydroxylation is 3. The largest absolute Gasteiger partial charge is 0.480 e. The highest BCUT2D eigenvalue weighted by molar-refractivity contribution is 7.84. The summed E-state index contributed by atoms with van der Waals surface area (Å²) in [5, 5.41) is 13.4. The fourth-order valence-electron chi connectivity index (χ4n) is 3.56. The summed E-state index contributed by atoms with van der Waals surface area (Å²) in [4.78, 5) is 36.1. The van der Waals surface area contributed by atoms with Gasteiger partial charge in [-0.15, -0.1) is 0 Å². The number of hydrogen-bond acceptors (Lipinski definition) is 6. The summed E-state index contributed by atoms with van der Waals surface area (Å²) in [5.74, 6) is -0.714. The van der Waals surface area contributed by atoms with Crippen LogP contribution in [0.1, 0.15) is 35.3 Å². The molecule has 0 aliphatic carbocycles. The fourth-order valence-corrected chi connectivity index (χ4v) is 4.13. The van der Waals surface area contributed by atoms with Crippen LogP contribution in [-0.2, 0) is 26.8 Å². The molecule has 0 saturated carbocycles. The van der Waals surface area contributed by atoms with Gasteiger partial charge in [0.1, 0.15) is 23.0 Å². The maximum Gasteiger partial charge on any atom is 0.339 e. The van der Waals surface area contributed by atoms with Crippen LogP contribution in [0.4, 0.5) is 0 Å². The molecule has 0 saturated heterocycles. The summed E-state index contributed by atoms with van der Waals surface area (Å²) in [7, 11) is -1.16. The van der Waals surface area contributed by atoms with E-state index in [1.54, 1.807) is 13.0 Å². The maximum absolute atomic E-state index is 12.5. The van der Waals surface area contributed by atoms with Gasteiger partial charge < -0.3 is 19.3 Å². The number of carboxylic acids is 1. The minimum absolute atomic E-state index is 0.0673. The predicted molar refractivity (Wildman–Crippen MR) is 118 cm³/mol. The van der Waals surface area contributed by atoms with Crippen molar-refractivity contribution in [1.82, 2.24) is 5.32 Å². The minimum Gasteiger partial charge on any atom is -0.480 e. The minimum atomic E-state index is -1.19. The molecular weight excluding hydrogens is 422 g/mol. The molecule has 2 aromatic heterocycles. The first-order valence-electron chi connectivity index (χ1n) is 9.86. The molecule has 3 aromatic rings. The average Bonchev–Trinajstić information content (AvgIpc) is 2.96. The number of carboxylic acid groups (broad SMARTS) is 1. The second-order valence-electron chi connectivity index (χ2n) is 7.65. The molecule has 31 heavy (non-hydrogen) atoms. The standard InChI is InChI=1S/C22H25NO7S/c1-11-13(3)29-18-10-19-16(9-15(11)18)12(2)14(22(27)30-19)5-6-20(24)23-17(21(25)26)7-8-31(4)28/h9-10,17H,5-8H2,1-4H3,(H,23,24)(H,25,26)/t17-,31?/m0/s1. The molecular formula is C22H25NO7S. The zero-order chi connectivity index (χ0) is 22.9. The van der Waals surface area contributed by atoms with Crippen molar-refractivity contribution in [2.75, 3.05) is 12.0 Å². The van der Waals surface area contributed by atoms with Crippen LogP contribution < -0.4 is 10.9 Å². The molecule has 0 spiro atoms. The van der Waals surface area contributed by atoms with Crippen molar-refractivity contribution in [3.8, 4) is 0 Å². The van der Waals surface area contributed by atoms with Gasteiger partial charge in [-0.2, -0.15) is 0 Å². The molecule has 0 bridgehead atoms. The van der Waals surface area contributed by atoms with Crippen LogP contribution in [-0.4, -0.2) is 39.2 Å². The van der Waals surface area contributed by atoms with E-state index < -0.39 is 34.3 Å². The van der Waals surface area contributed by atoms with Crippen molar-refractivity contribution >= 4 is 44.6 Å². The topological polar surface area (TPSA) is 127 Å². The summed E-state index contributed by atoms with van der Waals surface area (Å²) >= 11 is 0. The molecule has 0 fully saturated rings. The molecule has 2 heterocycles. The molecule has 9 heteroatoms. The highest BCUT2D eigenvalue weighted by Crippen LogP contribution is 2.31. The van der Waals surface area contributed by atoms with E-state index in [-0.39, 0.29) is 25.0 Å². The molecule has 0 radical (unpaired) electrons. The molecule has 1 amide bonds. The third kappa shape index (κ3) is 4.87. The highest BCUT2D eigenvalue weighted by Gasteiger charge is 2.21. The van der Waals surface area contributed by atoms with Gasteiger partial charge in [-0.3, -0.25) is 9.00 Å². The van der Waals surface area contributed by atoms with Crippen molar-refractivity contribution in [1.29, 1.82) is 0 Å². The number of aliphatic carboxylic acids is 1. The Hall–Kier alpha value is -2.94. The SMILES string of the molecule is Cc1oc2cc3oc(=O)c(CCC(=O)N[C@@H](CCS(C)=O)C(=O)O)c(C)c3cc2c1C. The molecule has 0 aliphatic rings. The van der Waals surface area contributed by atoms with Gasteiger partial charge in [0.2, 0.25) is 5.91 Å². The first kappa shape index (κ1) is 22.7. The van der Waals surface area contributed by atoms with E-state index in [1.165, 1.54) is 6.26 Å². The molecule has 166 valence electrons. The van der Waals surface area contributed by atoms with Gasteiger partial charge in [0, 0.05) is 51.6 Å². The zero-order valence-electron chi connectivity index (χ0n) is 17.9. The van der Waals surface area contributed by atoms with E-state index in [4.69, 9.17) is 8.83 Å². The Morgan fingerprint density at radius 1 is 1.10 bits per heavy atom. The summed E-state index contributed by atoms with van der Waals surface area (Å²) in [6, 6.07) is 2.50. The summed E-state index contributed by atoms with van der Waals surface area (Å²) < 4.78 is 22.4. The molecule has 0 aliphatic heterocycles. The Morgan fingerprint density at radius 3 is 2.39 bits per heavy atom. The predicted octanol–water partition coefficient (Wildman–Crippen LogP) is 2.74. The number of benzene rings is 1. The Balaban J connectivity index is 1.82. The number of hydrogen-bond donors (Lipinski definition) is 2. The normalized spacial score (nSPS) is 13.4. The lowest BCUT2D eigenvalue weighted by Crippen LogP contribution is -2.41. The summed E-state index contributed by atoms with van der Waals surface area (Å²) in [5.41, 5.74) is 2.63. The lowest BCUT2D eigenvalue weighted by Gasteiger charge is -2.14. The lowest BCUT2D eigenvalue weighted by molar-refractivity contribution is -0.141. The van der Waals surface area contributed by atoms with Gasteiger partial charge in [0.25, 0.3) is 0 Å². The number of fused-ring (bicyclic) bond motifs is 2. The van der Waals surface area contributed by atoms with Gasteiger partial charge in [-0.1, -0.05) is 0 Å². The van der Waals surface area contributed by atoms with E-state index in [9.17, 15) is 23.7 Å². The van der Waals surface area contributed by atoms with Crippen molar-refractivity contribution in [3.05, 3.63) is 45.0 Å². The molecule has 3 rings (SSSR count). The summed E-state index contributed by atoms with van der Waals surface area (Å²) in [6.07, 6.45) is 1.59. The van der Waals surface area contributed by atoms with Crippen LogP contribution in [0.2, 0.25) is 0 Å². The third-order valence-electron chi connectivity index (χ3n) is 5.51. The van der Waals surface area contributed by atoms with Crippen LogP contribution in [0, 0.1) is 20.8 Å². The van der Waals surface area contributed by atoms with Gasteiger partial charge in [-0.25, -0.2) is 9.59 Å². The van der Waals surface area contributed by atoms with Gasteiger partial charge in [0.15, 0.2) is 0 Å². The van der Waals surface area contributed by atoms with E-state index in [1.807, 2.05) is 19.9 Å². The van der Waals surface area contributed by atoms with Crippen molar-refractivity contribution in [3.63, 3.8) is 0 Å². The molecule has 2 N–H and O–H groups in total. The number of rotatable bonds is 8. The number of carbonyl (C=O) groups is 2. The van der Waals surface area contributed by atoms with Crippen LogP contribution >= 0.6 is 0 Å². The van der Waals surface area contributed by atoms with E-state index >= 15 is 0 Å². The lowest BCUT2D eigenvalue weighted by atomic mass is 10.00. The Morgan fingerprint density at radius 2 is 1.74 bits per heavy atom. The molecule has 8 nitrogen and oxygen atoms in total. The number of carbonyl (C=O) groups excluding carboxylic acids is 1. The van der Waals surface area contributed by atoms with E-state index in [2.05, 4.69) is 5.32 Å². The fraction of sp³-hybridized carbons (Fsp3) is 0.409. The van der Waals surface area contributed by atoms with Crippen molar-refractivity contribution in [2.24, 2.45) is 0 Å². The van der Waals surface area contributed by atoms with E-state index in [0.717, 1.165) is 27.7 Å². The zero-order valence-corrected chi connectivity index (χ0v) is 18.7. The molecule has 1 aromatic carbocycles. The van der Waals surface area contributed by atoms with Gasteiger partial charge in [0.05, 0.1) is 0 Å². The summed E-state index contributed by atoms with van der Waals surface area (Å²) in [6.45, 7) is 5.63.